The molecule has 180 valence electrons. The van der Waals surface area contributed by atoms with E-state index in [0.29, 0.717) is 34.9 Å². The van der Waals surface area contributed by atoms with Gasteiger partial charge in [-0.25, -0.2) is 0 Å². The minimum Gasteiger partial charge on any atom is -0.490 e. The molecule has 9 heteroatoms. The first kappa shape index (κ1) is 25.3. The fourth-order valence-corrected chi connectivity index (χ4v) is 3.08. The maximum atomic E-state index is 12.9. The molecule has 1 aromatic heterocycles. The zero-order valence-corrected chi connectivity index (χ0v) is 18.8. The number of rotatable bonds is 9. The van der Waals surface area contributed by atoms with Crippen molar-refractivity contribution < 1.29 is 27.4 Å². The Labute approximate surface area is 200 Å². The summed E-state index contributed by atoms with van der Waals surface area (Å²) in [4.78, 5) is 16.5. The molecule has 2 aromatic carbocycles. The molecule has 0 unspecified atom stereocenters. The van der Waals surface area contributed by atoms with Gasteiger partial charge in [-0.15, -0.1) is 0 Å². The van der Waals surface area contributed by atoms with E-state index in [4.69, 9.17) is 9.47 Å². The highest BCUT2D eigenvalue weighted by Gasteiger charge is 2.30. The molecule has 0 atom stereocenters. The van der Waals surface area contributed by atoms with Crippen molar-refractivity contribution >= 4 is 12.0 Å². The number of nitrogens with zero attached hydrogens (tertiary/aromatic N) is 2. The van der Waals surface area contributed by atoms with Crippen molar-refractivity contribution in [2.24, 2.45) is 0 Å². The molecule has 0 aliphatic rings. The third kappa shape index (κ3) is 7.33. The maximum absolute atomic E-state index is 12.9. The molecule has 0 spiro atoms. The van der Waals surface area contributed by atoms with Crippen LogP contribution >= 0.6 is 0 Å². The molecule has 0 aliphatic heterocycles. The van der Waals surface area contributed by atoms with Gasteiger partial charge in [0.05, 0.1) is 24.4 Å². The lowest BCUT2D eigenvalue weighted by molar-refractivity contribution is -0.137. The number of nitriles is 1. The standard InChI is InChI=1S/C26H22F3N3O3/c1-2-34-24-14-18(12-20(15-30)25(33)32-16-22-8-3-4-11-31-22)9-10-23(24)35-17-19-6-5-7-21(13-19)26(27,28)29/h3-14H,2,16-17H2,1H3,(H,32,33)/b20-12+. The number of hydrogen-bond acceptors (Lipinski definition) is 5. The van der Waals surface area contributed by atoms with Crippen LogP contribution in [0.2, 0.25) is 0 Å². The summed E-state index contributed by atoms with van der Waals surface area (Å²) in [6.07, 6.45) is -1.43. The van der Waals surface area contributed by atoms with Gasteiger partial charge in [0.1, 0.15) is 18.2 Å². The number of pyridine rings is 1. The van der Waals surface area contributed by atoms with Gasteiger partial charge in [-0.05, 0) is 60.5 Å². The molecule has 1 heterocycles. The fraction of sp³-hybridized carbons (Fsp3) is 0.192. The number of carbonyl (C=O) groups excluding carboxylic acids is 1. The molecule has 0 radical (unpaired) electrons. The third-order valence-electron chi connectivity index (χ3n) is 4.75. The summed E-state index contributed by atoms with van der Waals surface area (Å²) in [5.74, 6) is 0.0971. The largest absolute Gasteiger partial charge is 0.490 e. The van der Waals surface area contributed by atoms with Crippen LogP contribution in [-0.2, 0) is 24.1 Å². The van der Waals surface area contributed by atoms with E-state index in [1.807, 2.05) is 6.07 Å². The number of nitrogens with one attached hydrogen (secondary N) is 1. The first-order chi connectivity index (χ1) is 16.8. The minimum absolute atomic E-state index is 0.0987. The summed E-state index contributed by atoms with van der Waals surface area (Å²) < 4.78 is 50.1. The van der Waals surface area contributed by atoms with Gasteiger partial charge in [-0.2, -0.15) is 18.4 Å². The number of hydrogen-bond donors (Lipinski definition) is 1. The van der Waals surface area contributed by atoms with Crippen LogP contribution in [0.25, 0.3) is 6.08 Å². The molecule has 35 heavy (non-hydrogen) atoms. The van der Waals surface area contributed by atoms with E-state index in [0.717, 1.165) is 12.1 Å². The average Bonchev–Trinajstić information content (AvgIpc) is 2.86. The molecular formula is C26H22F3N3O3. The van der Waals surface area contributed by atoms with E-state index in [9.17, 15) is 23.2 Å². The lowest BCUT2D eigenvalue weighted by atomic mass is 10.1. The predicted octanol–water partition coefficient (Wildman–Crippen LogP) is 5.30. The van der Waals surface area contributed by atoms with E-state index in [1.165, 1.54) is 18.2 Å². The number of ether oxygens (including phenoxy) is 2. The van der Waals surface area contributed by atoms with Crippen molar-refractivity contribution in [3.8, 4) is 17.6 Å². The summed E-state index contributed by atoms with van der Waals surface area (Å²) in [7, 11) is 0. The number of alkyl halides is 3. The van der Waals surface area contributed by atoms with E-state index in [1.54, 1.807) is 49.5 Å². The molecule has 3 rings (SSSR count). The topological polar surface area (TPSA) is 84.2 Å². The van der Waals surface area contributed by atoms with Crippen LogP contribution in [0.1, 0.15) is 29.3 Å². The van der Waals surface area contributed by atoms with Gasteiger partial charge in [-0.3, -0.25) is 9.78 Å². The van der Waals surface area contributed by atoms with Gasteiger partial charge in [0.15, 0.2) is 11.5 Å². The monoisotopic (exact) mass is 481 g/mol. The first-order valence-corrected chi connectivity index (χ1v) is 10.7. The van der Waals surface area contributed by atoms with Crippen LogP contribution in [0.4, 0.5) is 13.2 Å². The second kappa shape index (κ2) is 11.7. The maximum Gasteiger partial charge on any atom is 0.416 e. The third-order valence-corrected chi connectivity index (χ3v) is 4.75. The lowest BCUT2D eigenvalue weighted by Crippen LogP contribution is -2.24. The molecule has 0 saturated carbocycles. The van der Waals surface area contributed by atoms with Gasteiger partial charge < -0.3 is 14.8 Å². The van der Waals surface area contributed by atoms with E-state index >= 15 is 0 Å². The smallest absolute Gasteiger partial charge is 0.416 e. The van der Waals surface area contributed by atoms with Crippen LogP contribution in [-0.4, -0.2) is 17.5 Å². The number of aromatic nitrogens is 1. The first-order valence-electron chi connectivity index (χ1n) is 10.7. The van der Waals surface area contributed by atoms with Crippen molar-refractivity contribution in [1.29, 1.82) is 5.26 Å². The average molecular weight is 481 g/mol. The second-order valence-electron chi connectivity index (χ2n) is 7.30. The van der Waals surface area contributed by atoms with Crippen LogP contribution in [0.3, 0.4) is 0 Å². The summed E-state index contributed by atoms with van der Waals surface area (Å²) in [6.45, 7) is 2.15. The van der Waals surface area contributed by atoms with Crippen molar-refractivity contribution in [2.45, 2.75) is 26.3 Å². The minimum atomic E-state index is -4.44. The molecule has 3 aromatic rings. The Bertz CT molecular complexity index is 1240. The molecule has 1 amide bonds. The highest BCUT2D eigenvalue weighted by atomic mass is 19.4. The SMILES string of the molecule is CCOc1cc(/C=C(\C#N)C(=O)NCc2ccccn2)ccc1OCc1cccc(C(F)(F)F)c1. The Kier molecular flexibility index (Phi) is 8.46. The molecule has 0 saturated heterocycles. The van der Waals surface area contributed by atoms with Gasteiger partial charge >= 0.3 is 6.18 Å². The summed E-state index contributed by atoms with van der Waals surface area (Å²) in [5.41, 5.74) is 0.654. The van der Waals surface area contributed by atoms with Crippen molar-refractivity contribution in [2.75, 3.05) is 6.61 Å². The zero-order valence-electron chi connectivity index (χ0n) is 18.8. The highest BCUT2D eigenvalue weighted by Crippen LogP contribution is 2.32. The highest BCUT2D eigenvalue weighted by molar-refractivity contribution is 6.01. The van der Waals surface area contributed by atoms with Crippen molar-refractivity contribution in [3.63, 3.8) is 0 Å². The van der Waals surface area contributed by atoms with Gasteiger partial charge in [0.25, 0.3) is 5.91 Å². The Hall–Kier alpha value is -4.32. The zero-order chi connectivity index (χ0) is 25.3. The summed E-state index contributed by atoms with van der Waals surface area (Å²) >= 11 is 0. The molecule has 6 nitrogen and oxygen atoms in total. The van der Waals surface area contributed by atoms with Crippen LogP contribution in [0, 0.1) is 11.3 Å². The van der Waals surface area contributed by atoms with E-state index in [-0.39, 0.29) is 18.7 Å². The van der Waals surface area contributed by atoms with E-state index in [2.05, 4.69) is 10.3 Å². The Morgan fingerprint density at radius 2 is 1.91 bits per heavy atom. The van der Waals surface area contributed by atoms with Gasteiger partial charge in [0, 0.05) is 6.20 Å². The number of benzene rings is 2. The van der Waals surface area contributed by atoms with Crippen LogP contribution < -0.4 is 14.8 Å². The summed E-state index contributed by atoms with van der Waals surface area (Å²) in [5, 5.41) is 12.1. The normalized spacial score (nSPS) is 11.5. The molecular weight excluding hydrogens is 459 g/mol. The number of amides is 1. The quantitative estimate of drug-likeness (QED) is 0.331. The Morgan fingerprint density at radius 1 is 1.09 bits per heavy atom. The van der Waals surface area contributed by atoms with Gasteiger partial charge in [-0.1, -0.05) is 24.3 Å². The molecule has 0 bridgehead atoms. The molecule has 0 aliphatic carbocycles. The fourth-order valence-electron chi connectivity index (χ4n) is 3.08. The van der Waals surface area contributed by atoms with Crippen LogP contribution in [0.5, 0.6) is 11.5 Å². The van der Waals surface area contributed by atoms with Crippen molar-refractivity contribution in [1.82, 2.24) is 10.3 Å². The van der Waals surface area contributed by atoms with E-state index < -0.39 is 17.6 Å². The van der Waals surface area contributed by atoms with Crippen LogP contribution in [0.15, 0.2) is 72.4 Å². The van der Waals surface area contributed by atoms with Crippen molar-refractivity contribution in [3.05, 3.63) is 94.8 Å². The summed E-state index contributed by atoms with van der Waals surface area (Å²) in [6, 6.07) is 16.9. The predicted molar refractivity (Wildman–Crippen MR) is 123 cm³/mol. The number of halogens is 3. The molecule has 0 fully saturated rings. The van der Waals surface area contributed by atoms with Gasteiger partial charge in [0.2, 0.25) is 0 Å². The Morgan fingerprint density at radius 3 is 2.60 bits per heavy atom. The second-order valence-corrected chi connectivity index (χ2v) is 7.30. The lowest BCUT2D eigenvalue weighted by Gasteiger charge is -2.14. The molecule has 1 N–H and O–H groups in total. The Balaban J connectivity index is 1.73. The number of carbonyl (C=O) groups is 1.